The van der Waals surface area contributed by atoms with Gasteiger partial charge in [-0.1, -0.05) is 23.7 Å². The van der Waals surface area contributed by atoms with Crippen molar-refractivity contribution in [2.75, 3.05) is 31.1 Å². The quantitative estimate of drug-likeness (QED) is 0.867. The second-order valence-electron chi connectivity index (χ2n) is 6.37. The minimum Gasteiger partial charge on any atom is -0.354 e. The summed E-state index contributed by atoms with van der Waals surface area (Å²) < 4.78 is 0. The van der Waals surface area contributed by atoms with Crippen LogP contribution in [0.15, 0.2) is 30.6 Å². The van der Waals surface area contributed by atoms with E-state index in [9.17, 15) is 0 Å². The summed E-state index contributed by atoms with van der Waals surface area (Å²) in [7, 11) is 0. The average molecular weight is 329 g/mol. The molecule has 0 spiro atoms. The van der Waals surface area contributed by atoms with Crippen LogP contribution < -0.4 is 4.90 Å². The maximum Gasteiger partial charge on any atom is 0.135 e. The predicted molar refractivity (Wildman–Crippen MR) is 93.0 cm³/mol. The van der Waals surface area contributed by atoms with E-state index in [4.69, 9.17) is 11.6 Å². The molecule has 5 heteroatoms. The van der Waals surface area contributed by atoms with Crippen molar-refractivity contribution in [1.29, 1.82) is 0 Å². The summed E-state index contributed by atoms with van der Waals surface area (Å²) in [4.78, 5) is 13.9. The minimum absolute atomic E-state index is 0.817. The van der Waals surface area contributed by atoms with E-state index in [-0.39, 0.29) is 0 Å². The number of halogens is 1. The van der Waals surface area contributed by atoms with Crippen LogP contribution in [0.4, 0.5) is 5.82 Å². The third kappa shape index (κ3) is 3.19. The lowest BCUT2D eigenvalue weighted by Crippen LogP contribution is -2.46. The van der Waals surface area contributed by atoms with Gasteiger partial charge in [-0.25, -0.2) is 9.97 Å². The van der Waals surface area contributed by atoms with E-state index in [2.05, 4.69) is 31.9 Å². The van der Waals surface area contributed by atoms with Gasteiger partial charge in [0.2, 0.25) is 0 Å². The number of benzene rings is 1. The molecule has 0 radical (unpaired) electrons. The first-order valence-electron chi connectivity index (χ1n) is 8.34. The highest BCUT2D eigenvalue weighted by molar-refractivity contribution is 6.30. The van der Waals surface area contributed by atoms with Crippen molar-refractivity contribution < 1.29 is 0 Å². The van der Waals surface area contributed by atoms with Crippen LogP contribution in [-0.4, -0.2) is 41.0 Å². The molecular weight excluding hydrogens is 308 g/mol. The number of aromatic nitrogens is 2. The van der Waals surface area contributed by atoms with Gasteiger partial charge in [-0.15, -0.1) is 0 Å². The Balaban J connectivity index is 1.41. The highest BCUT2D eigenvalue weighted by Gasteiger charge is 2.24. The highest BCUT2D eigenvalue weighted by Crippen LogP contribution is 2.28. The summed E-state index contributed by atoms with van der Waals surface area (Å²) in [5.74, 6) is 1.18. The molecule has 23 heavy (non-hydrogen) atoms. The number of fused-ring (bicyclic) bond motifs is 1. The van der Waals surface area contributed by atoms with Crippen molar-refractivity contribution in [1.82, 2.24) is 14.9 Å². The van der Waals surface area contributed by atoms with Gasteiger partial charge in [0.25, 0.3) is 0 Å². The molecule has 4 nitrogen and oxygen atoms in total. The average Bonchev–Trinajstić information content (AvgIpc) is 3.04. The minimum atomic E-state index is 0.817. The van der Waals surface area contributed by atoms with Gasteiger partial charge in [0.15, 0.2) is 0 Å². The third-order valence-electron chi connectivity index (χ3n) is 4.82. The Morgan fingerprint density at radius 2 is 1.91 bits per heavy atom. The first-order valence-corrected chi connectivity index (χ1v) is 8.72. The van der Waals surface area contributed by atoms with Gasteiger partial charge >= 0.3 is 0 Å². The molecule has 120 valence electrons. The fourth-order valence-corrected chi connectivity index (χ4v) is 3.84. The third-order valence-corrected chi connectivity index (χ3v) is 5.05. The molecule has 0 atom stereocenters. The fraction of sp³-hybridized carbons (Fsp3) is 0.444. The van der Waals surface area contributed by atoms with E-state index < -0.39 is 0 Å². The number of anilines is 1. The smallest absolute Gasteiger partial charge is 0.135 e. The summed E-state index contributed by atoms with van der Waals surface area (Å²) in [6.07, 6.45) is 5.20. The molecule has 2 aromatic rings. The summed E-state index contributed by atoms with van der Waals surface area (Å²) in [6.45, 7) is 5.15. The predicted octanol–water partition coefficient (Wildman–Crippen LogP) is 2.94. The summed E-state index contributed by atoms with van der Waals surface area (Å²) in [5, 5.41) is 0.817. The molecule has 1 aliphatic carbocycles. The van der Waals surface area contributed by atoms with Crippen LogP contribution in [0.2, 0.25) is 5.02 Å². The zero-order valence-electron chi connectivity index (χ0n) is 13.2. The molecule has 1 aliphatic heterocycles. The summed E-state index contributed by atoms with van der Waals surface area (Å²) in [6, 6.07) is 8.16. The van der Waals surface area contributed by atoms with Crippen LogP contribution in [0, 0.1) is 0 Å². The van der Waals surface area contributed by atoms with Gasteiger partial charge in [0.05, 0.1) is 0 Å². The van der Waals surface area contributed by atoms with Crippen LogP contribution in [0.3, 0.4) is 0 Å². The molecular formula is C18H21ClN4. The van der Waals surface area contributed by atoms with Crippen LogP contribution >= 0.6 is 11.6 Å². The Kier molecular flexibility index (Phi) is 4.19. The number of rotatable bonds is 3. The number of nitrogens with zero attached hydrogens (tertiary/aromatic N) is 4. The summed E-state index contributed by atoms with van der Waals surface area (Å²) >= 11 is 6.08. The van der Waals surface area contributed by atoms with Crippen molar-refractivity contribution >= 4 is 17.4 Å². The molecule has 2 heterocycles. The number of hydrogen-bond acceptors (Lipinski definition) is 4. The molecule has 0 bridgehead atoms. The highest BCUT2D eigenvalue weighted by atomic mass is 35.5. The van der Waals surface area contributed by atoms with Gasteiger partial charge in [0.1, 0.15) is 12.1 Å². The van der Waals surface area contributed by atoms with Gasteiger partial charge in [-0.2, -0.15) is 0 Å². The molecule has 0 N–H and O–H groups in total. The molecule has 0 unspecified atom stereocenters. The maximum absolute atomic E-state index is 6.08. The SMILES string of the molecule is Clc1cccc(CN2CCN(c3ncnc4c3CCC4)CC2)c1. The molecule has 1 fully saturated rings. The molecule has 0 amide bonds. The van der Waals surface area contributed by atoms with Crippen LogP contribution in [-0.2, 0) is 19.4 Å². The van der Waals surface area contributed by atoms with Crippen molar-refractivity contribution in [3.05, 3.63) is 52.4 Å². The monoisotopic (exact) mass is 328 g/mol. The standard InChI is InChI=1S/C18H21ClN4/c19-15-4-1-3-14(11-15)12-22-7-9-23(10-8-22)18-16-5-2-6-17(16)20-13-21-18/h1,3-4,11,13H,2,5-10,12H2. The Morgan fingerprint density at radius 1 is 1.04 bits per heavy atom. The Labute approximate surface area is 142 Å². The Morgan fingerprint density at radius 3 is 2.74 bits per heavy atom. The van der Waals surface area contributed by atoms with E-state index in [1.54, 1.807) is 6.33 Å². The van der Waals surface area contributed by atoms with Crippen molar-refractivity contribution in [2.24, 2.45) is 0 Å². The molecule has 1 aromatic heterocycles. The zero-order valence-corrected chi connectivity index (χ0v) is 14.0. The fourth-order valence-electron chi connectivity index (χ4n) is 3.63. The van der Waals surface area contributed by atoms with Crippen LogP contribution in [0.1, 0.15) is 23.2 Å². The van der Waals surface area contributed by atoms with Gasteiger partial charge in [-0.05, 0) is 37.0 Å². The Hall–Kier alpha value is -1.65. The van der Waals surface area contributed by atoms with Gasteiger partial charge < -0.3 is 4.90 Å². The van der Waals surface area contributed by atoms with Crippen molar-refractivity contribution in [3.63, 3.8) is 0 Å². The van der Waals surface area contributed by atoms with E-state index in [1.165, 1.54) is 29.1 Å². The first kappa shape index (κ1) is 14.9. The second-order valence-corrected chi connectivity index (χ2v) is 6.81. The normalized spacial score (nSPS) is 18.2. The number of piperazine rings is 1. The number of hydrogen-bond donors (Lipinski definition) is 0. The van der Waals surface area contributed by atoms with E-state index in [0.717, 1.165) is 50.6 Å². The van der Waals surface area contributed by atoms with Crippen LogP contribution in [0.5, 0.6) is 0 Å². The lowest BCUT2D eigenvalue weighted by molar-refractivity contribution is 0.249. The van der Waals surface area contributed by atoms with Crippen molar-refractivity contribution in [3.8, 4) is 0 Å². The van der Waals surface area contributed by atoms with E-state index in [1.807, 2.05) is 12.1 Å². The first-order chi connectivity index (χ1) is 11.3. The maximum atomic E-state index is 6.08. The molecule has 4 rings (SSSR count). The summed E-state index contributed by atoms with van der Waals surface area (Å²) in [5.41, 5.74) is 3.93. The lowest BCUT2D eigenvalue weighted by Gasteiger charge is -2.36. The van der Waals surface area contributed by atoms with Crippen LogP contribution in [0.25, 0.3) is 0 Å². The topological polar surface area (TPSA) is 32.3 Å². The molecule has 1 saturated heterocycles. The zero-order chi connectivity index (χ0) is 15.6. The molecule has 1 aromatic carbocycles. The van der Waals surface area contributed by atoms with Gasteiger partial charge in [-0.3, -0.25) is 4.90 Å². The Bertz CT molecular complexity index is 695. The van der Waals surface area contributed by atoms with Crippen molar-refractivity contribution in [2.45, 2.75) is 25.8 Å². The molecule has 2 aliphatic rings. The second kappa shape index (κ2) is 6.46. The largest absolute Gasteiger partial charge is 0.354 e. The molecule has 0 saturated carbocycles. The van der Waals surface area contributed by atoms with E-state index >= 15 is 0 Å². The van der Waals surface area contributed by atoms with E-state index in [0.29, 0.717) is 0 Å². The lowest BCUT2D eigenvalue weighted by atomic mass is 10.2. The number of aryl methyl sites for hydroxylation is 1. The van der Waals surface area contributed by atoms with Gasteiger partial charge in [0, 0.05) is 49.0 Å².